The molecule has 1 aromatic rings. The second kappa shape index (κ2) is 9.11. The van der Waals surface area contributed by atoms with Crippen molar-refractivity contribution in [3.05, 3.63) is 35.9 Å². The van der Waals surface area contributed by atoms with Gasteiger partial charge in [0, 0.05) is 24.4 Å². The van der Waals surface area contributed by atoms with Crippen molar-refractivity contribution in [2.24, 2.45) is 11.8 Å². The Morgan fingerprint density at radius 1 is 0.929 bits per heavy atom. The maximum atomic E-state index is 12.8. The van der Waals surface area contributed by atoms with Crippen LogP contribution in [0.3, 0.4) is 0 Å². The van der Waals surface area contributed by atoms with Gasteiger partial charge in [-0.05, 0) is 43.6 Å². The monoisotopic (exact) mass is 383 g/mol. The summed E-state index contributed by atoms with van der Waals surface area (Å²) < 4.78 is 5.57. The number of ether oxygens (including phenoxy) is 1. The first kappa shape index (κ1) is 19.5. The summed E-state index contributed by atoms with van der Waals surface area (Å²) in [7, 11) is 0. The molecule has 0 spiro atoms. The predicted octanol–water partition coefficient (Wildman–Crippen LogP) is 5.50. The molecule has 1 aliphatic carbocycles. The van der Waals surface area contributed by atoms with Crippen LogP contribution in [-0.4, -0.2) is 28.9 Å². The van der Waals surface area contributed by atoms with E-state index >= 15 is 0 Å². The highest BCUT2D eigenvalue weighted by molar-refractivity contribution is 5.81. The minimum Gasteiger partial charge on any atom is -0.445 e. The first-order valence-corrected chi connectivity index (χ1v) is 11.2. The van der Waals surface area contributed by atoms with Crippen LogP contribution in [0.25, 0.3) is 0 Å². The van der Waals surface area contributed by atoms with E-state index < -0.39 is 0 Å². The zero-order valence-electron chi connectivity index (χ0n) is 16.9. The van der Waals surface area contributed by atoms with Gasteiger partial charge in [0.1, 0.15) is 12.4 Å². The highest BCUT2D eigenvalue weighted by atomic mass is 16.6. The lowest BCUT2D eigenvalue weighted by Gasteiger charge is -2.37. The quantitative estimate of drug-likeness (QED) is 0.652. The Labute approximate surface area is 168 Å². The third kappa shape index (κ3) is 4.59. The summed E-state index contributed by atoms with van der Waals surface area (Å²) in [6.45, 7) is 0.319. The fourth-order valence-corrected chi connectivity index (χ4v) is 5.56. The molecule has 2 heterocycles. The normalized spacial score (nSPS) is 27.6. The van der Waals surface area contributed by atoms with Crippen molar-refractivity contribution in [3.63, 3.8) is 0 Å². The summed E-state index contributed by atoms with van der Waals surface area (Å²) >= 11 is 0. The molecule has 4 rings (SSSR count). The first-order chi connectivity index (χ1) is 13.7. The van der Waals surface area contributed by atoms with Gasteiger partial charge in [-0.25, -0.2) is 4.79 Å². The van der Waals surface area contributed by atoms with Gasteiger partial charge in [0.2, 0.25) is 0 Å². The van der Waals surface area contributed by atoms with Crippen molar-refractivity contribution in [1.82, 2.24) is 4.90 Å². The molecule has 0 aromatic heterocycles. The fourth-order valence-electron chi connectivity index (χ4n) is 5.56. The molecule has 4 nitrogen and oxygen atoms in total. The Hall–Kier alpha value is -1.84. The minimum atomic E-state index is -0.204. The van der Waals surface area contributed by atoms with Gasteiger partial charge in [0.25, 0.3) is 0 Å². The largest absolute Gasteiger partial charge is 0.445 e. The van der Waals surface area contributed by atoms with E-state index in [4.69, 9.17) is 4.74 Å². The number of ketones is 1. The summed E-state index contributed by atoms with van der Waals surface area (Å²) in [6.07, 6.45) is 12.0. The Morgan fingerprint density at radius 2 is 1.61 bits per heavy atom. The molecule has 152 valence electrons. The minimum absolute atomic E-state index is 0.152. The lowest BCUT2D eigenvalue weighted by molar-refractivity contribution is -0.125. The molecule has 1 aromatic carbocycles. The van der Waals surface area contributed by atoms with E-state index in [-0.39, 0.29) is 24.1 Å². The van der Waals surface area contributed by atoms with Crippen molar-refractivity contribution in [1.29, 1.82) is 0 Å². The SMILES string of the molecule is O=C(CCC1CCCCC1)C1CC2CCC(C1)N2C(=O)OCc1ccccc1. The van der Waals surface area contributed by atoms with Gasteiger partial charge < -0.3 is 9.64 Å². The number of Topliss-reactive ketones (excluding diaryl/α,β-unsaturated/α-hetero) is 1. The molecule has 2 aliphatic heterocycles. The number of carbonyl (C=O) groups excluding carboxylic acids is 2. The van der Waals surface area contributed by atoms with Gasteiger partial charge >= 0.3 is 6.09 Å². The van der Waals surface area contributed by atoms with Crippen molar-refractivity contribution in [3.8, 4) is 0 Å². The van der Waals surface area contributed by atoms with Crippen molar-refractivity contribution >= 4 is 11.9 Å². The third-order valence-electron chi connectivity index (χ3n) is 7.13. The number of nitrogens with zero attached hydrogens (tertiary/aromatic N) is 1. The molecule has 0 N–H and O–H groups in total. The molecule has 3 aliphatic rings. The third-order valence-corrected chi connectivity index (χ3v) is 7.13. The van der Waals surface area contributed by atoms with Gasteiger partial charge in [-0.1, -0.05) is 62.4 Å². The molecule has 2 bridgehead atoms. The molecule has 2 atom stereocenters. The number of hydrogen-bond donors (Lipinski definition) is 0. The van der Waals surface area contributed by atoms with Crippen LogP contribution in [0.4, 0.5) is 4.79 Å². The van der Waals surface area contributed by atoms with Crippen LogP contribution < -0.4 is 0 Å². The molecule has 3 fully saturated rings. The van der Waals surface area contributed by atoms with Crippen LogP contribution >= 0.6 is 0 Å². The summed E-state index contributed by atoms with van der Waals surface area (Å²) in [6, 6.07) is 10.2. The molecule has 2 saturated heterocycles. The van der Waals surface area contributed by atoms with Crippen LogP contribution in [0, 0.1) is 11.8 Å². The number of piperidine rings is 1. The number of benzene rings is 1. The topological polar surface area (TPSA) is 46.6 Å². The number of fused-ring (bicyclic) bond motifs is 2. The second-order valence-corrected chi connectivity index (χ2v) is 9.01. The molecule has 2 unspecified atom stereocenters. The summed E-state index contributed by atoms with van der Waals surface area (Å²) in [5.74, 6) is 1.36. The second-order valence-electron chi connectivity index (χ2n) is 9.01. The average molecular weight is 384 g/mol. The molecule has 0 radical (unpaired) electrons. The maximum absolute atomic E-state index is 12.8. The van der Waals surface area contributed by atoms with Gasteiger partial charge in [0.15, 0.2) is 0 Å². The van der Waals surface area contributed by atoms with Crippen LogP contribution in [0.5, 0.6) is 0 Å². The van der Waals surface area contributed by atoms with Crippen LogP contribution in [0.15, 0.2) is 30.3 Å². The summed E-state index contributed by atoms with van der Waals surface area (Å²) in [4.78, 5) is 27.4. The van der Waals surface area contributed by atoms with Crippen molar-refractivity contribution in [2.45, 2.75) is 89.3 Å². The zero-order valence-corrected chi connectivity index (χ0v) is 16.9. The van der Waals surface area contributed by atoms with E-state index in [1.165, 1.54) is 32.1 Å². The lowest BCUT2D eigenvalue weighted by Crippen LogP contribution is -2.48. The molecule has 1 amide bonds. The molecular weight excluding hydrogens is 350 g/mol. The van der Waals surface area contributed by atoms with Crippen molar-refractivity contribution < 1.29 is 14.3 Å². The Morgan fingerprint density at radius 3 is 2.29 bits per heavy atom. The highest BCUT2D eigenvalue weighted by Gasteiger charge is 2.45. The average Bonchev–Trinajstić information content (AvgIpc) is 3.01. The van der Waals surface area contributed by atoms with Gasteiger partial charge in [-0.15, -0.1) is 0 Å². The first-order valence-electron chi connectivity index (χ1n) is 11.2. The smallest absolute Gasteiger partial charge is 0.410 e. The number of amides is 1. The van der Waals surface area contributed by atoms with E-state index in [0.717, 1.165) is 50.0 Å². The molecule has 4 heteroatoms. The Bertz CT molecular complexity index is 654. The van der Waals surface area contributed by atoms with Gasteiger partial charge in [0.05, 0.1) is 0 Å². The Kier molecular flexibility index (Phi) is 6.33. The highest BCUT2D eigenvalue weighted by Crippen LogP contribution is 2.40. The fraction of sp³-hybridized carbons (Fsp3) is 0.667. The van der Waals surface area contributed by atoms with Crippen molar-refractivity contribution in [2.75, 3.05) is 0 Å². The van der Waals surface area contributed by atoms with E-state index in [1.54, 1.807) is 0 Å². The summed E-state index contributed by atoms with van der Waals surface area (Å²) in [5, 5.41) is 0. The molecule has 1 saturated carbocycles. The van der Waals surface area contributed by atoms with E-state index in [0.29, 0.717) is 12.4 Å². The van der Waals surface area contributed by atoms with Crippen LogP contribution in [-0.2, 0) is 16.1 Å². The standard InChI is InChI=1S/C24H33NO3/c26-23(14-11-18-7-3-1-4-8-18)20-15-21-12-13-22(16-20)25(21)24(27)28-17-19-9-5-2-6-10-19/h2,5-6,9-10,18,20-22H,1,3-4,7-8,11-17H2. The Balaban J connectivity index is 1.26. The zero-order chi connectivity index (χ0) is 19.3. The van der Waals surface area contributed by atoms with Gasteiger partial charge in [-0.2, -0.15) is 0 Å². The van der Waals surface area contributed by atoms with Crippen LogP contribution in [0.2, 0.25) is 0 Å². The number of hydrogen-bond acceptors (Lipinski definition) is 3. The van der Waals surface area contributed by atoms with E-state index in [1.807, 2.05) is 35.2 Å². The maximum Gasteiger partial charge on any atom is 0.410 e. The van der Waals surface area contributed by atoms with Crippen LogP contribution in [0.1, 0.15) is 76.2 Å². The number of rotatable bonds is 6. The predicted molar refractivity (Wildman–Crippen MR) is 109 cm³/mol. The molecule has 28 heavy (non-hydrogen) atoms. The summed E-state index contributed by atoms with van der Waals surface area (Å²) in [5.41, 5.74) is 1.01. The van der Waals surface area contributed by atoms with E-state index in [9.17, 15) is 9.59 Å². The molecular formula is C24H33NO3. The lowest BCUT2D eigenvalue weighted by atomic mass is 9.82. The number of carbonyl (C=O) groups is 2. The van der Waals surface area contributed by atoms with E-state index in [2.05, 4.69) is 0 Å². The van der Waals surface area contributed by atoms with Gasteiger partial charge in [-0.3, -0.25) is 4.79 Å².